The Morgan fingerprint density at radius 3 is 2.80 bits per heavy atom. The third-order valence-electron chi connectivity index (χ3n) is 2.34. The van der Waals surface area contributed by atoms with E-state index in [0.717, 1.165) is 23.3 Å². The predicted molar refractivity (Wildman–Crippen MR) is 60.3 cm³/mol. The third kappa shape index (κ3) is 2.23. The van der Waals surface area contributed by atoms with E-state index < -0.39 is 10.0 Å². The highest BCUT2D eigenvalue weighted by Crippen LogP contribution is 2.29. The Morgan fingerprint density at radius 1 is 1.60 bits per heavy atom. The molecule has 0 aromatic carbocycles. The van der Waals surface area contributed by atoms with Crippen LogP contribution in [0.3, 0.4) is 0 Å². The predicted octanol–water partition coefficient (Wildman–Crippen LogP) is 0.956. The Labute approximate surface area is 93.5 Å². The van der Waals surface area contributed by atoms with E-state index in [1.165, 1.54) is 11.3 Å². The molecule has 6 heteroatoms. The summed E-state index contributed by atoms with van der Waals surface area (Å²) in [7, 11) is -3.35. The molecular weight excluding hydrogens is 232 g/mol. The lowest BCUT2D eigenvalue weighted by Gasteiger charge is -2.06. The number of hydrogen-bond acceptors (Lipinski definition) is 4. The smallest absolute Gasteiger partial charge is 0.242 e. The molecule has 0 saturated heterocycles. The topological polar surface area (TPSA) is 72.2 Å². The fourth-order valence-corrected chi connectivity index (χ4v) is 4.48. The molecule has 4 nitrogen and oxygen atoms in total. The number of aryl methyl sites for hydroxylation is 1. The van der Waals surface area contributed by atoms with Gasteiger partial charge >= 0.3 is 0 Å². The zero-order chi connectivity index (χ0) is 11.1. The lowest BCUT2D eigenvalue weighted by atomic mass is 10.3. The molecule has 3 N–H and O–H groups in total. The highest BCUT2D eigenvalue weighted by molar-refractivity contribution is 7.89. The summed E-state index contributed by atoms with van der Waals surface area (Å²) in [5.41, 5.74) is 6.31. The van der Waals surface area contributed by atoms with Crippen LogP contribution in [0, 0.1) is 6.92 Å². The summed E-state index contributed by atoms with van der Waals surface area (Å²) in [6.45, 7) is 2.08. The van der Waals surface area contributed by atoms with E-state index in [0.29, 0.717) is 4.90 Å². The standard InChI is InChI=1S/C9H14N2O2S2/c1-6-5-14-8(4-10)9(6)15(12,13)11-7-2-3-7/h5,7,11H,2-4,10H2,1H3. The molecule has 1 fully saturated rings. The molecule has 0 atom stereocenters. The number of hydrogen-bond donors (Lipinski definition) is 2. The van der Waals surface area contributed by atoms with E-state index in [-0.39, 0.29) is 12.6 Å². The van der Waals surface area contributed by atoms with Crippen LogP contribution in [0.1, 0.15) is 23.3 Å². The van der Waals surface area contributed by atoms with E-state index in [4.69, 9.17) is 5.73 Å². The average molecular weight is 246 g/mol. The summed E-state index contributed by atoms with van der Waals surface area (Å²) in [5.74, 6) is 0. The Kier molecular flexibility index (Phi) is 2.85. The summed E-state index contributed by atoms with van der Waals surface area (Å²) < 4.78 is 26.6. The number of nitrogens with two attached hydrogens (primary N) is 1. The molecule has 1 saturated carbocycles. The van der Waals surface area contributed by atoms with Crippen molar-refractivity contribution in [3.05, 3.63) is 15.8 Å². The fourth-order valence-electron chi connectivity index (χ4n) is 1.47. The molecule has 1 aliphatic rings. The zero-order valence-electron chi connectivity index (χ0n) is 8.49. The molecule has 2 rings (SSSR count). The molecule has 0 amide bonds. The highest BCUT2D eigenvalue weighted by atomic mass is 32.2. The van der Waals surface area contributed by atoms with Crippen molar-refractivity contribution in [3.63, 3.8) is 0 Å². The second kappa shape index (κ2) is 3.86. The van der Waals surface area contributed by atoms with Gasteiger partial charge in [-0.05, 0) is 30.7 Å². The summed E-state index contributed by atoms with van der Waals surface area (Å²) >= 11 is 1.41. The normalized spacial score (nSPS) is 16.9. The van der Waals surface area contributed by atoms with Gasteiger partial charge in [-0.3, -0.25) is 0 Å². The minimum atomic E-state index is -3.35. The van der Waals surface area contributed by atoms with Crippen molar-refractivity contribution in [2.24, 2.45) is 5.73 Å². The molecular formula is C9H14N2O2S2. The van der Waals surface area contributed by atoms with Crippen LogP contribution in [0.15, 0.2) is 10.3 Å². The SMILES string of the molecule is Cc1csc(CN)c1S(=O)(=O)NC1CC1. The van der Waals surface area contributed by atoms with Gasteiger partial charge in [-0.25, -0.2) is 13.1 Å². The van der Waals surface area contributed by atoms with Gasteiger partial charge in [0.15, 0.2) is 0 Å². The molecule has 0 unspecified atom stereocenters. The summed E-state index contributed by atoms with van der Waals surface area (Å²) in [5, 5.41) is 1.84. The highest BCUT2D eigenvalue weighted by Gasteiger charge is 2.30. The monoisotopic (exact) mass is 246 g/mol. The van der Waals surface area contributed by atoms with Gasteiger partial charge in [0.2, 0.25) is 10.0 Å². The largest absolute Gasteiger partial charge is 0.326 e. The van der Waals surface area contributed by atoms with Gasteiger partial charge in [-0.1, -0.05) is 0 Å². The van der Waals surface area contributed by atoms with Crippen LogP contribution in [-0.2, 0) is 16.6 Å². The van der Waals surface area contributed by atoms with E-state index in [1.54, 1.807) is 6.92 Å². The molecule has 84 valence electrons. The minimum absolute atomic E-state index is 0.139. The van der Waals surface area contributed by atoms with E-state index in [1.807, 2.05) is 5.38 Å². The molecule has 1 aliphatic carbocycles. The lowest BCUT2D eigenvalue weighted by molar-refractivity contribution is 0.580. The number of sulfonamides is 1. The first-order chi connectivity index (χ1) is 7.04. The molecule has 0 radical (unpaired) electrons. The maximum Gasteiger partial charge on any atom is 0.242 e. The lowest BCUT2D eigenvalue weighted by Crippen LogP contribution is -2.27. The van der Waals surface area contributed by atoms with Crippen LogP contribution in [0.5, 0.6) is 0 Å². The van der Waals surface area contributed by atoms with Crippen molar-refractivity contribution in [3.8, 4) is 0 Å². The van der Waals surface area contributed by atoms with Gasteiger partial charge in [0, 0.05) is 17.5 Å². The average Bonchev–Trinajstić information content (AvgIpc) is 2.85. The Morgan fingerprint density at radius 2 is 2.27 bits per heavy atom. The number of nitrogens with one attached hydrogen (secondary N) is 1. The van der Waals surface area contributed by atoms with E-state index in [2.05, 4.69) is 4.72 Å². The summed E-state index contributed by atoms with van der Waals surface area (Å²) in [6.07, 6.45) is 1.89. The first-order valence-corrected chi connectivity index (χ1v) is 7.20. The van der Waals surface area contributed by atoms with Crippen molar-refractivity contribution >= 4 is 21.4 Å². The van der Waals surface area contributed by atoms with Crippen LogP contribution in [0.4, 0.5) is 0 Å². The van der Waals surface area contributed by atoms with E-state index >= 15 is 0 Å². The first kappa shape index (κ1) is 11.1. The van der Waals surface area contributed by atoms with Gasteiger partial charge in [-0.15, -0.1) is 11.3 Å². The Bertz CT molecular complexity index is 460. The van der Waals surface area contributed by atoms with Crippen LogP contribution in [0.25, 0.3) is 0 Å². The number of rotatable bonds is 4. The molecule has 0 spiro atoms. The van der Waals surface area contributed by atoms with Crippen LogP contribution in [-0.4, -0.2) is 14.5 Å². The molecule has 1 heterocycles. The molecule has 1 aromatic rings. The summed E-state index contributed by atoms with van der Waals surface area (Å²) in [4.78, 5) is 1.13. The quantitative estimate of drug-likeness (QED) is 0.831. The van der Waals surface area contributed by atoms with Gasteiger partial charge in [-0.2, -0.15) is 0 Å². The van der Waals surface area contributed by atoms with Crippen LogP contribution < -0.4 is 10.5 Å². The summed E-state index contributed by atoms with van der Waals surface area (Å²) in [6, 6.07) is 0.139. The van der Waals surface area contributed by atoms with Gasteiger partial charge in [0.1, 0.15) is 4.90 Å². The van der Waals surface area contributed by atoms with Crippen molar-refractivity contribution in [2.45, 2.75) is 37.2 Å². The second-order valence-corrected chi connectivity index (χ2v) is 6.39. The Balaban J connectivity index is 2.37. The van der Waals surface area contributed by atoms with Gasteiger partial charge < -0.3 is 5.73 Å². The fraction of sp³-hybridized carbons (Fsp3) is 0.556. The molecule has 15 heavy (non-hydrogen) atoms. The van der Waals surface area contributed by atoms with Crippen molar-refractivity contribution in [1.82, 2.24) is 4.72 Å². The van der Waals surface area contributed by atoms with Crippen molar-refractivity contribution in [1.29, 1.82) is 0 Å². The van der Waals surface area contributed by atoms with Crippen LogP contribution >= 0.6 is 11.3 Å². The van der Waals surface area contributed by atoms with Gasteiger partial charge in [0.05, 0.1) is 0 Å². The van der Waals surface area contributed by atoms with Crippen molar-refractivity contribution in [2.75, 3.05) is 0 Å². The third-order valence-corrected chi connectivity index (χ3v) is 5.35. The minimum Gasteiger partial charge on any atom is -0.326 e. The zero-order valence-corrected chi connectivity index (χ0v) is 10.1. The first-order valence-electron chi connectivity index (χ1n) is 4.84. The van der Waals surface area contributed by atoms with Crippen LogP contribution in [0.2, 0.25) is 0 Å². The Hall–Kier alpha value is -0.430. The van der Waals surface area contributed by atoms with E-state index in [9.17, 15) is 8.42 Å². The van der Waals surface area contributed by atoms with Crippen molar-refractivity contribution < 1.29 is 8.42 Å². The second-order valence-electron chi connectivity index (χ2n) is 3.77. The molecule has 0 bridgehead atoms. The van der Waals surface area contributed by atoms with Gasteiger partial charge in [0.25, 0.3) is 0 Å². The maximum atomic E-state index is 12.0. The molecule has 0 aliphatic heterocycles. The maximum absolute atomic E-state index is 12.0. The number of thiophene rings is 1. The molecule has 1 aromatic heterocycles.